The first kappa shape index (κ1) is 20.9. The molecule has 2 heterocycles. The van der Waals surface area contributed by atoms with Gasteiger partial charge in [0.1, 0.15) is 6.04 Å². The van der Waals surface area contributed by atoms with Gasteiger partial charge in [0.2, 0.25) is 11.8 Å². The highest BCUT2D eigenvalue weighted by molar-refractivity contribution is 5.76. The standard InChI is InChI=1S/C24H34N4O2/c29-22(18-20-13-7-4-8-14-20)25-21(17-19-11-5-3-6-12-19)23-26-27-24(30-23)28-15-9-1-2-10-16-28/h3,5-6,11-12,20-21H,1-2,4,7-10,13-18H2,(H,25,29). The first-order chi connectivity index (χ1) is 14.8. The molecule has 1 amide bonds. The molecule has 1 aromatic heterocycles. The van der Waals surface area contributed by atoms with Gasteiger partial charge in [0.05, 0.1) is 0 Å². The van der Waals surface area contributed by atoms with E-state index in [9.17, 15) is 4.79 Å². The van der Waals surface area contributed by atoms with Crippen LogP contribution in [0.3, 0.4) is 0 Å². The highest BCUT2D eigenvalue weighted by Crippen LogP contribution is 2.27. The molecule has 2 aromatic rings. The van der Waals surface area contributed by atoms with Crippen molar-refractivity contribution in [2.45, 2.75) is 76.7 Å². The minimum atomic E-state index is -0.295. The summed E-state index contributed by atoms with van der Waals surface area (Å²) < 4.78 is 6.09. The average molecular weight is 411 g/mol. The van der Waals surface area contributed by atoms with E-state index in [4.69, 9.17) is 4.42 Å². The first-order valence-corrected chi connectivity index (χ1v) is 11.7. The molecular formula is C24H34N4O2. The van der Waals surface area contributed by atoms with Gasteiger partial charge in [-0.25, -0.2) is 0 Å². The monoisotopic (exact) mass is 410 g/mol. The summed E-state index contributed by atoms with van der Waals surface area (Å²) in [6.45, 7) is 1.91. The summed E-state index contributed by atoms with van der Waals surface area (Å²) >= 11 is 0. The summed E-state index contributed by atoms with van der Waals surface area (Å²) in [6.07, 6.45) is 12.2. The van der Waals surface area contributed by atoms with Crippen LogP contribution in [0.4, 0.5) is 6.01 Å². The summed E-state index contributed by atoms with van der Waals surface area (Å²) in [7, 11) is 0. The molecule has 30 heavy (non-hydrogen) atoms. The van der Waals surface area contributed by atoms with E-state index in [1.165, 1.54) is 32.1 Å². The Morgan fingerprint density at radius 3 is 2.43 bits per heavy atom. The van der Waals surface area contributed by atoms with Crippen LogP contribution >= 0.6 is 0 Å². The van der Waals surface area contributed by atoms with E-state index in [0.29, 0.717) is 30.7 Å². The molecule has 1 aliphatic carbocycles. The highest BCUT2D eigenvalue weighted by atomic mass is 16.4. The predicted molar refractivity (Wildman–Crippen MR) is 117 cm³/mol. The van der Waals surface area contributed by atoms with Crippen molar-refractivity contribution in [2.24, 2.45) is 5.92 Å². The van der Waals surface area contributed by atoms with Crippen LogP contribution in [0.2, 0.25) is 0 Å². The number of benzene rings is 1. The van der Waals surface area contributed by atoms with E-state index in [1.54, 1.807) is 0 Å². The zero-order chi connectivity index (χ0) is 20.6. The SMILES string of the molecule is O=C(CC1CCCCC1)NC(Cc1ccccc1)c1nnc(N2CCCCCC2)o1. The van der Waals surface area contributed by atoms with Crippen LogP contribution in [0.15, 0.2) is 34.7 Å². The zero-order valence-electron chi connectivity index (χ0n) is 17.9. The highest BCUT2D eigenvalue weighted by Gasteiger charge is 2.25. The second kappa shape index (κ2) is 10.6. The zero-order valence-corrected chi connectivity index (χ0v) is 17.9. The third-order valence-electron chi connectivity index (χ3n) is 6.42. The quantitative estimate of drug-likeness (QED) is 0.708. The second-order valence-corrected chi connectivity index (χ2v) is 8.84. The van der Waals surface area contributed by atoms with Crippen LogP contribution in [0.5, 0.6) is 0 Å². The van der Waals surface area contributed by atoms with Crippen LogP contribution in [0, 0.1) is 5.92 Å². The van der Waals surface area contributed by atoms with Crippen molar-refractivity contribution < 1.29 is 9.21 Å². The third kappa shape index (κ3) is 5.83. The van der Waals surface area contributed by atoms with Crippen LogP contribution in [-0.2, 0) is 11.2 Å². The maximum absolute atomic E-state index is 12.8. The van der Waals surface area contributed by atoms with Gasteiger partial charge in [-0.3, -0.25) is 4.79 Å². The van der Waals surface area contributed by atoms with Crippen LogP contribution in [0.25, 0.3) is 0 Å². The van der Waals surface area contributed by atoms with Crippen LogP contribution < -0.4 is 10.2 Å². The Bertz CT molecular complexity index is 778. The van der Waals surface area contributed by atoms with Gasteiger partial charge in [0.15, 0.2) is 0 Å². The smallest absolute Gasteiger partial charge is 0.318 e. The van der Waals surface area contributed by atoms with E-state index < -0.39 is 0 Å². The van der Waals surface area contributed by atoms with Crippen molar-refractivity contribution in [2.75, 3.05) is 18.0 Å². The Kier molecular flexibility index (Phi) is 7.38. The number of amides is 1. The van der Waals surface area contributed by atoms with E-state index in [2.05, 4.69) is 32.5 Å². The number of hydrogen-bond donors (Lipinski definition) is 1. The molecule has 162 valence electrons. The molecule has 2 aliphatic rings. The summed E-state index contributed by atoms with van der Waals surface area (Å²) in [6, 6.07) is 10.5. The maximum atomic E-state index is 12.8. The Morgan fingerprint density at radius 2 is 1.70 bits per heavy atom. The molecular weight excluding hydrogens is 376 g/mol. The van der Waals surface area contributed by atoms with Gasteiger partial charge < -0.3 is 14.6 Å². The number of rotatable bonds is 7. The number of nitrogens with one attached hydrogen (secondary N) is 1. The molecule has 6 heteroatoms. The lowest BCUT2D eigenvalue weighted by molar-refractivity contribution is -0.123. The fraction of sp³-hybridized carbons (Fsp3) is 0.625. The Morgan fingerprint density at radius 1 is 1.00 bits per heavy atom. The maximum Gasteiger partial charge on any atom is 0.318 e. The van der Waals surface area contributed by atoms with Gasteiger partial charge in [-0.1, -0.05) is 67.5 Å². The molecule has 0 radical (unpaired) electrons. The number of aromatic nitrogens is 2. The fourth-order valence-electron chi connectivity index (χ4n) is 4.71. The summed E-state index contributed by atoms with van der Waals surface area (Å²) in [5.41, 5.74) is 1.15. The number of carbonyl (C=O) groups is 1. The third-order valence-corrected chi connectivity index (χ3v) is 6.42. The Labute approximate surface area is 179 Å². The van der Waals surface area contributed by atoms with Gasteiger partial charge >= 0.3 is 6.01 Å². The lowest BCUT2D eigenvalue weighted by Gasteiger charge is -2.22. The minimum Gasteiger partial charge on any atom is -0.406 e. The number of carbonyl (C=O) groups excluding carboxylic acids is 1. The van der Waals surface area contributed by atoms with Crippen molar-refractivity contribution in [3.8, 4) is 0 Å². The van der Waals surface area contributed by atoms with E-state index in [-0.39, 0.29) is 11.9 Å². The summed E-state index contributed by atoms with van der Waals surface area (Å²) in [4.78, 5) is 15.0. The fourth-order valence-corrected chi connectivity index (χ4v) is 4.71. The van der Waals surface area contributed by atoms with Gasteiger partial charge in [-0.15, -0.1) is 5.10 Å². The largest absolute Gasteiger partial charge is 0.406 e. The van der Waals surface area contributed by atoms with Crippen LogP contribution in [0.1, 0.15) is 81.7 Å². The second-order valence-electron chi connectivity index (χ2n) is 8.84. The lowest BCUT2D eigenvalue weighted by atomic mass is 9.87. The van der Waals surface area contributed by atoms with E-state index in [0.717, 1.165) is 44.3 Å². The van der Waals surface area contributed by atoms with Crippen LogP contribution in [-0.4, -0.2) is 29.2 Å². The molecule has 6 nitrogen and oxygen atoms in total. The first-order valence-electron chi connectivity index (χ1n) is 11.7. The molecule has 0 spiro atoms. The van der Waals surface area contributed by atoms with Crippen molar-refractivity contribution in [3.05, 3.63) is 41.8 Å². The molecule has 1 atom stereocenters. The topological polar surface area (TPSA) is 71.3 Å². The molecule has 1 saturated heterocycles. The average Bonchev–Trinajstić information content (AvgIpc) is 3.10. The normalized spacial score (nSPS) is 19.3. The molecule has 4 rings (SSSR count). The van der Waals surface area contributed by atoms with Crippen molar-refractivity contribution in [1.29, 1.82) is 0 Å². The van der Waals surface area contributed by atoms with Gasteiger partial charge in [-0.05, 0) is 37.2 Å². The molecule has 1 saturated carbocycles. The number of hydrogen-bond acceptors (Lipinski definition) is 5. The molecule has 2 fully saturated rings. The molecule has 1 aliphatic heterocycles. The Balaban J connectivity index is 1.46. The van der Waals surface area contributed by atoms with Crippen molar-refractivity contribution >= 4 is 11.9 Å². The van der Waals surface area contributed by atoms with Gasteiger partial charge in [0.25, 0.3) is 0 Å². The van der Waals surface area contributed by atoms with Gasteiger partial charge in [-0.2, -0.15) is 0 Å². The predicted octanol–water partition coefficient (Wildman–Crippen LogP) is 4.82. The Hall–Kier alpha value is -2.37. The van der Waals surface area contributed by atoms with Crippen molar-refractivity contribution in [3.63, 3.8) is 0 Å². The minimum absolute atomic E-state index is 0.0948. The lowest BCUT2D eigenvalue weighted by Crippen LogP contribution is -2.32. The molecule has 0 bridgehead atoms. The molecule has 1 N–H and O–H groups in total. The summed E-state index contributed by atoms with van der Waals surface area (Å²) in [5, 5.41) is 11.9. The number of anilines is 1. The molecule has 1 aromatic carbocycles. The molecule has 1 unspecified atom stereocenters. The summed E-state index contributed by atoms with van der Waals surface area (Å²) in [5.74, 6) is 1.11. The van der Waals surface area contributed by atoms with Gasteiger partial charge in [0, 0.05) is 25.9 Å². The van der Waals surface area contributed by atoms with Crippen molar-refractivity contribution in [1.82, 2.24) is 15.5 Å². The van der Waals surface area contributed by atoms with E-state index >= 15 is 0 Å². The number of nitrogens with zero attached hydrogens (tertiary/aromatic N) is 3. The van der Waals surface area contributed by atoms with E-state index in [1.807, 2.05) is 18.2 Å².